The summed E-state index contributed by atoms with van der Waals surface area (Å²) in [6.07, 6.45) is 0. The van der Waals surface area contributed by atoms with E-state index in [1.54, 1.807) is 0 Å². The zero-order chi connectivity index (χ0) is 37.6. The van der Waals surface area contributed by atoms with Crippen LogP contribution in [0.3, 0.4) is 0 Å². The molecule has 0 saturated heterocycles. The third-order valence-corrected chi connectivity index (χ3v) is 12.2. The van der Waals surface area contributed by atoms with Crippen molar-refractivity contribution >= 4 is 75.9 Å². The maximum Gasteiger partial charge on any atom is 0.0541 e. The summed E-state index contributed by atoms with van der Waals surface area (Å²) < 4.78 is 4.88. The summed E-state index contributed by atoms with van der Waals surface area (Å²) in [5.41, 5.74) is 13.3. The van der Waals surface area contributed by atoms with Crippen molar-refractivity contribution in [1.82, 2.24) is 9.13 Å². The molecule has 0 aliphatic heterocycles. The molecule has 2 heterocycles. The van der Waals surface area contributed by atoms with Crippen LogP contribution in [0, 0.1) is 6.92 Å². The van der Waals surface area contributed by atoms with Crippen LogP contribution in [0.4, 0.5) is 0 Å². The normalized spacial score (nSPS) is 11.9. The molecule has 0 aliphatic carbocycles. The van der Waals surface area contributed by atoms with Gasteiger partial charge in [-0.15, -0.1) is 0 Å². The molecule has 2 aromatic heterocycles. The quantitative estimate of drug-likeness (QED) is 0.160. The molecule has 12 rings (SSSR count). The Morgan fingerprint density at radius 3 is 1.25 bits per heavy atom. The van der Waals surface area contributed by atoms with Gasteiger partial charge in [0.25, 0.3) is 0 Å². The smallest absolute Gasteiger partial charge is 0.0541 e. The van der Waals surface area contributed by atoms with E-state index >= 15 is 0 Å². The van der Waals surface area contributed by atoms with Gasteiger partial charge < -0.3 is 9.13 Å². The van der Waals surface area contributed by atoms with E-state index < -0.39 is 0 Å². The van der Waals surface area contributed by atoms with Crippen LogP contribution in [-0.4, -0.2) is 9.13 Å². The minimum atomic E-state index is 1.15. The van der Waals surface area contributed by atoms with Gasteiger partial charge in [-0.3, -0.25) is 0 Å². The van der Waals surface area contributed by atoms with Gasteiger partial charge >= 0.3 is 0 Å². The topological polar surface area (TPSA) is 9.86 Å². The summed E-state index contributed by atoms with van der Waals surface area (Å²) in [4.78, 5) is 0. The molecular weight excluding hydrogens is 689 g/mol. The average molecular weight is 725 g/mol. The van der Waals surface area contributed by atoms with Crippen molar-refractivity contribution in [2.24, 2.45) is 0 Å². The van der Waals surface area contributed by atoms with Crippen molar-refractivity contribution in [2.45, 2.75) is 6.92 Å². The fourth-order valence-corrected chi connectivity index (χ4v) is 9.65. The van der Waals surface area contributed by atoms with Gasteiger partial charge in [-0.2, -0.15) is 0 Å². The van der Waals surface area contributed by atoms with E-state index in [2.05, 4.69) is 216 Å². The molecule has 0 bridgehead atoms. The van der Waals surface area contributed by atoms with Crippen LogP contribution < -0.4 is 0 Å². The summed E-state index contributed by atoms with van der Waals surface area (Å²) in [5, 5.41) is 12.5. The van der Waals surface area contributed by atoms with Gasteiger partial charge in [-0.25, -0.2) is 0 Å². The van der Waals surface area contributed by atoms with Crippen molar-refractivity contribution in [2.75, 3.05) is 0 Å². The van der Waals surface area contributed by atoms with Crippen LogP contribution in [0.1, 0.15) is 5.56 Å². The lowest BCUT2D eigenvalue weighted by atomic mass is 9.84. The number of hydrogen-bond acceptors (Lipinski definition) is 0. The predicted molar refractivity (Wildman–Crippen MR) is 243 cm³/mol. The van der Waals surface area contributed by atoms with Crippen molar-refractivity contribution in [3.8, 4) is 33.6 Å². The van der Waals surface area contributed by atoms with E-state index in [4.69, 9.17) is 0 Å². The van der Waals surface area contributed by atoms with E-state index in [0.29, 0.717) is 0 Å². The number of benzene rings is 10. The Kier molecular flexibility index (Phi) is 6.88. The van der Waals surface area contributed by atoms with Gasteiger partial charge in [0.1, 0.15) is 0 Å². The lowest BCUT2D eigenvalue weighted by molar-refractivity contribution is 1.18. The average Bonchev–Trinajstić information content (AvgIpc) is 3.79. The third-order valence-electron chi connectivity index (χ3n) is 12.2. The second-order valence-electron chi connectivity index (χ2n) is 15.3. The fraction of sp³-hybridized carbons (Fsp3) is 0.0182. The number of aromatic nitrogens is 2. The Bertz CT molecular complexity index is 3470. The molecule has 0 amide bonds. The zero-order valence-electron chi connectivity index (χ0n) is 31.4. The van der Waals surface area contributed by atoms with Crippen LogP contribution >= 0.6 is 0 Å². The van der Waals surface area contributed by atoms with Crippen LogP contribution in [0.2, 0.25) is 0 Å². The monoisotopic (exact) mass is 724 g/mol. The van der Waals surface area contributed by atoms with E-state index in [1.807, 2.05) is 0 Å². The SMILES string of the molecule is Cc1ccc(-c2c3cc(-n4c5ccccc5c5ccccc54)ccc3c(-c3cccc4ccccc34)c3cc(-n4c5ccccc5c5ccccc54)ccc23)cc1. The lowest BCUT2D eigenvalue weighted by Gasteiger charge is -2.21. The van der Waals surface area contributed by atoms with Crippen LogP contribution in [0.5, 0.6) is 0 Å². The number of fused-ring (bicyclic) bond motifs is 9. The molecule has 0 fully saturated rings. The molecule has 0 aliphatic rings. The van der Waals surface area contributed by atoms with E-state index in [-0.39, 0.29) is 0 Å². The lowest BCUT2D eigenvalue weighted by Crippen LogP contribution is -1.98. The Morgan fingerprint density at radius 2 is 0.719 bits per heavy atom. The largest absolute Gasteiger partial charge is 0.309 e. The number of aryl methyl sites for hydroxylation is 1. The highest BCUT2D eigenvalue weighted by Crippen LogP contribution is 2.47. The maximum atomic E-state index is 2.45. The molecule has 0 radical (unpaired) electrons. The molecule has 266 valence electrons. The van der Waals surface area contributed by atoms with E-state index in [1.165, 1.54) is 104 Å². The number of hydrogen-bond donors (Lipinski definition) is 0. The molecule has 0 N–H and O–H groups in total. The number of nitrogens with zero attached hydrogens (tertiary/aromatic N) is 2. The summed E-state index contributed by atoms with van der Waals surface area (Å²) in [6.45, 7) is 2.17. The maximum absolute atomic E-state index is 2.45. The van der Waals surface area contributed by atoms with Gasteiger partial charge in [0, 0.05) is 32.9 Å². The summed E-state index contributed by atoms with van der Waals surface area (Å²) >= 11 is 0. The highest BCUT2D eigenvalue weighted by molar-refractivity contribution is 6.24. The Hall–Kier alpha value is -7.42. The van der Waals surface area contributed by atoms with Gasteiger partial charge in [0.15, 0.2) is 0 Å². The molecule has 57 heavy (non-hydrogen) atoms. The molecule has 10 aromatic carbocycles. The first kappa shape index (κ1) is 31.9. The van der Waals surface area contributed by atoms with Crippen molar-refractivity contribution in [3.63, 3.8) is 0 Å². The van der Waals surface area contributed by atoms with Crippen molar-refractivity contribution in [3.05, 3.63) is 206 Å². The number of rotatable bonds is 4. The van der Waals surface area contributed by atoms with E-state index in [0.717, 1.165) is 11.4 Å². The van der Waals surface area contributed by atoms with Crippen LogP contribution in [0.25, 0.3) is 110 Å². The third kappa shape index (κ3) is 4.71. The molecular formula is C55H36N2. The van der Waals surface area contributed by atoms with Gasteiger partial charge in [-0.05, 0) is 110 Å². The molecule has 0 saturated carbocycles. The highest BCUT2D eigenvalue weighted by atomic mass is 15.0. The Labute approximate surface area is 330 Å². The molecule has 0 atom stereocenters. The van der Waals surface area contributed by atoms with Crippen molar-refractivity contribution < 1.29 is 0 Å². The van der Waals surface area contributed by atoms with Gasteiger partial charge in [0.05, 0.1) is 22.1 Å². The van der Waals surface area contributed by atoms with Crippen molar-refractivity contribution in [1.29, 1.82) is 0 Å². The first-order valence-electron chi connectivity index (χ1n) is 19.8. The van der Waals surface area contributed by atoms with Gasteiger partial charge in [-0.1, -0.05) is 157 Å². The Balaban J connectivity index is 1.25. The first-order chi connectivity index (χ1) is 28.2. The summed E-state index contributed by atoms with van der Waals surface area (Å²) in [7, 11) is 0. The minimum Gasteiger partial charge on any atom is -0.309 e. The summed E-state index contributed by atoms with van der Waals surface area (Å²) in [6, 6.07) is 74.1. The van der Waals surface area contributed by atoms with Gasteiger partial charge in [0.2, 0.25) is 0 Å². The second kappa shape index (κ2) is 12.3. The zero-order valence-corrected chi connectivity index (χ0v) is 31.4. The molecule has 2 heteroatoms. The summed E-state index contributed by atoms with van der Waals surface area (Å²) in [5.74, 6) is 0. The fourth-order valence-electron chi connectivity index (χ4n) is 9.65. The Morgan fingerprint density at radius 1 is 0.298 bits per heavy atom. The second-order valence-corrected chi connectivity index (χ2v) is 15.3. The molecule has 2 nitrogen and oxygen atoms in total. The van der Waals surface area contributed by atoms with Crippen LogP contribution in [0.15, 0.2) is 200 Å². The predicted octanol–water partition coefficient (Wildman–Crippen LogP) is 15.0. The highest BCUT2D eigenvalue weighted by Gasteiger charge is 2.22. The number of para-hydroxylation sites is 4. The van der Waals surface area contributed by atoms with E-state index in [9.17, 15) is 0 Å². The molecule has 0 unspecified atom stereocenters. The first-order valence-corrected chi connectivity index (χ1v) is 19.8. The molecule has 0 spiro atoms. The van der Waals surface area contributed by atoms with Crippen LogP contribution in [-0.2, 0) is 0 Å². The standard InChI is InChI=1S/C55H36N2/c1-35-25-27-37(28-26-35)54-46-31-29-39(57-52-23-10-6-18-43(52)44-19-7-11-24-53(44)57)34-49(46)55(45-20-12-14-36-13-2-3-15-40(36)45)47-32-30-38(33-48(47)54)56-50-21-8-4-16-41(50)42-17-5-9-22-51(42)56/h2-34H,1H3. The molecule has 12 aromatic rings. The minimum absolute atomic E-state index is 1.15.